The van der Waals surface area contributed by atoms with E-state index in [1.54, 1.807) is 6.07 Å². The zero-order valence-electron chi connectivity index (χ0n) is 11.3. The van der Waals surface area contributed by atoms with Gasteiger partial charge in [0.15, 0.2) is 0 Å². The molecule has 1 heterocycles. The maximum atomic E-state index is 10.5. The molecule has 1 aliphatic heterocycles. The van der Waals surface area contributed by atoms with Crippen LogP contribution in [0.2, 0.25) is 5.02 Å². The quantitative estimate of drug-likeness (QED) is 0.872. The van der Waals surface area contributed by atoms with Gasteiger partial charge in [-0.2, -0.15) is 0 Å². The van der Waals surface area contributed by atoms with Crippen LogP contribution in [0.3, 0.4) is 0 Å². The molecule has 106 valence electrons. The van der Waals surface area contributed by atoms with Crippen LogP contribution in [-0.2, 0) is 17.9 Å². The molecule has 3 nitrogen and oxygen atoms in total. The Balaban J connectivity index is 1.83. The van der Waals surface area contributed by atoms with Crippen molar-refractivity contribution in [3.8, 4) is 0 Å². The molecule has 0 amide bonds. The molecule has 1 aliphatic rings. The Morgan fingerprint density at radius 2 is 1.81 bits per heavy atom. The molecule has 0 fully saturated rings. The van der Waals surface area contributed by atoms with E-state index in [9.17, 15) is 4.79 Å². The lowest BCUT2D eigenvalue weighted by Crippen LogP contribution is -2.14. The Labute approximate surface area is 128 Å². The standard InChI is InChI=1S/C17H14ClNO2/c18-15-9-12(6-8-17(20)21)5-7-16(15)19-10-13-3-1-2-4-14(13)11-19/h1-9H,10-11H2,(H,20,21)/b8-6+. The molecule has 0 aromatic heterocycles. The molecule has 2 aromatic rings. The molecule has 0 radical (unpaired) electrons. The number of hydrogen-bond donors (Lipinski definition) is 1. The second-order valence-electron chi connectivity index (χ2n) is 5.01. The lowest BCUT2D eigenvalue weighted by molar-refractivity contribution is -0.131. The van der Waals surface area contributed by atoms with E-state index in [-0.39, 0.29) is 0 Å². The maximum absolute atomic E-state index is 10.5. The third kappa shape index (κ3) is 2.93. The highest BCUT2D eigenvalue weighted by Gasteiger charge is 2.20. The first-order chi connectivity index (χ1) is 10.1. The Morgan fingerprint density at radius 1 is 1.14 bits per heavy atom. The molecule has 0 saturated carbocycles. The summed E-state index contributed by atoms with van der Waals surface area (Å²) < 4.78 is 0. The molecule has 1 N–H and O–H groups in total. The Morgan fingerprint density at radius 3 is 2.38 bits per heavy atom. The summed E-state index contributed by atoms with van der Waals surface area (Å²) in [5.74, 6) is -0.967. The second kappa shape index (κ2) is 5.62. The minimum absolute atomic E-state index is 0.635. The SMILES string of the molecule is O=C(O)/C=C/c1ccc(N2Cc3ccccc3C2)c(Cl)c1. The number of carboxylic acid groups (broad SMARTS) is 1. The van der Waals surface area contributed by atoms with Crippen LogP contribution in [0.25, 0.3) is 6.08 Å². The minimum atomic E-state index is -0.967. The van der Waals surface area contributed by atoms with E-state index >= 15 is 0 Å². The van der Waals surface area contributed by atoms with E-state index < -0.39 is 5.97 Å². The molecule has 3 rings (SSSR count). The van der Waals surface area contributed by atoms with E-state index in [1.807, 2.05) is 24.3 Å². The van der Waals surface area contributed by atoms with Gasteiger partial charge in [-0.15, -0.1) is 0 Å². The van der Waals surface area contributed by atoms with Crippen LogP contribution < -0.4 is 4.90 Å². The number of carboxylic acids is 1. The van der Waals surface area contributed by atoms with Gasteiger partial charge >= 0.3 is 5.97 Å². The second-order valence-corrected chi connectivity index (χ2v) is 5.41. The monoisotopic (exact) mass is 299 g/mol. The lowest BCUT2D eigenvalue weighted by atomic mass is 10.1. The smallest absolute Gasteiger partial charge is 0.328 e. The molecule has 0 saturated heterocycles. The van der Waals surface area contributed by atoms with Crippen molar-refractivity contribution in [1.29, 1.82) is 0 Å². The molecule has 2 aromatic carbocycles. The minimum Gasteiger partial charge on any atom is -0.478 e. The van der Waals surface area contributed by atoms with Crippen molar-refractivity contribution in [1.82, 2.24) is 0 Å². The van der Waals surface area contributed by atoms with E-state index in [1.165, 1.54) is 17.2 Å². The molecular formula is C17H14ClNO2. The molecule has 0 atom stereocenters. The van der Waals surface area contributed by atoms with Gasteiger partial charge in [0.25, 0.3) is 0 Å². The van der Waals surface area contributed by atoms with Gasteiger partial charge in [-0.05, 0) is 34.9 Å². The van der Waals surface area contributed by atoms with Crippen molar-refractivity contribution in [2.75, 3.05) is 4.90 Å². The number of anilines is 1. The third-order valence-corrected chi connectivity index (χ3v) is 3.87. The third-order valence-electron chi connectivity index (χ3n) is 3.57. The largest absolute Gasteiger partial charge is 0.478 e. The van der Waals surface area contributed by atoms with E-state index in [4.69, 9.17) is 16.7 Å². The van der Waals surface area contributed by atoms with Gasteiger partial charge in [-0.3, -0.25) is 0 Å². The first-order valence-electron chi connectivity index (χ1n) is 6.66. The predicted octanol–water partition coefficient (Wildman–Crippen LogP) is 3.96. The summed E-state index contributed by atoms with van der Waals surface area (Å²) >= 11 is 6.34. The summed E-state index contributed by atoms with van der Waals surface area (Å²) in [6, 6.07) is 14.0. The molecule has 21 heavy (non-hydrogen) atoms. The Kier molecular flexibility index (Phi) is 3.67. The van der Waals surface area contributed by atoms with Crippen LogP contribution in [0.4, 0.5) is 5.69 Å². The van der Waals surface area contributed by atoms with Gasteiger partial charge in [0.2, 0.25) is 0 Å². The van der Waals surface area contributed by atoms with Gasteiger partial charge in [0.1, 0.15) is 0 Å². The fourth-order valence-corrected chi connectivity index (χ4v) is 2.86. The number of rotatable bonds is 3. The van der Waals surface area contributed by atoms with Crippen LogP contribution in [-0.4, -0.2) is 11.1 Å². The number of aliphatic carboxylic acids is 1. The Bertz CT molecular complexity index is 699. The molecule has 4 heteroatoms. The van der Waals surface area contributed by atoms with Gasteiger partial charge < -0.3 is 10.0 Å². The van der Waals surface area contributed by atoms with Gasteiger partial charge in [0.05, 0.1) is 10.7 Å². The first kappa shape index (κ1) is 13.7. The molecular weight excluding hydrogens is 286 g/mol. The summed E-state index contributed by atoms with van der Waals surface area (Å²) in [6.45, 7) is 1.69. The van der Waals surface area contributed by atoms with Crippen LogP contribution >= 0.6 is 11.6 Å². The summed E-state index contributed by atoms with van der Waals surface area (Å²) in [4.78, 5) is 12.8. The zero-order chi connectivity index (χ0) is 14.8. The number of fused-ring (bicyclic) bond motifs is 1. The number of halogens is 1. The predicted molar refractivity (Wildman–Crippen MR) is 84.5 cm³/mol. The lowest BCUT2D eigenvalue weighted by Gasteiger charge is -2.19. The summed E-state index contributed by atoms with van der Waals surface area (Å²) in [5, 5.41) is 9.28. The molecule has 0 bridgehead atoms. The molecule has 0 unspecified atom stereocenters. The highest BCUT2D eigenvalue weighted by atomic mass is 35.5. The highest BCUT2D eigenvalue weighted by molar-refractivity contribution is 6.33. The number of hydrogen-bond acceptors (Lipinski definition) is 2. The van der Waals surface area contributed by atoms with Crippen molar-refractivity contribution in [3.05, 3.63) is 70.3 Å². The van der Waals surface area contributed by atoms with Crippen molar-refractivity contribution in [3.63, 3.8) is 0 Å². The van der Waals surface area contributed by atoms with Crippen LogP contribution in [0.5, 0.6) is 0 Å². The maximum Gasteiger partial charge on any atom is 0.328 e. The number of carbonyl (C=O) groups is 1. The first-order valence-corrected chi connectivity index (χ1v) is 7.03. The average molecular weight is 300 g/mol. The van der Waals surface area contributed by atoms with Crippen molar-refractivity contribution < 1.29 is 9.90 Å². The Hall–Kier alpha value is -2.26. The molecule has 0 aliphatic carbocycles. The highest BCUT2D eigenvalue weighted by Crippen LogP contribution is 2.33. The summed E-state index contributed by atoms with van der Waals surface area (Å²) in [7, 11) is 0. The number of benzene rings is 2. The van der Waals surface area contributed by atoms with Crippen LogP contribution in [0, 0.1) is 0 Å². The summed E-state index contributed by atoms with van der Waals surface area (Å²) in [5.41, 5.74) is 4.40. The van der Waals surface area contributed by atoms with Crippen LogP contribution in [0.1, 0.15) is 16.7 Å². The average Bonchev–Trinajstić information content (AvgIpc) is 2.88. The van der Waals surface area contributed by atoms with Crippen molar-refractivity contribution in [2.24, 2.45) is 0 Å². The fraction of sp³-hybridized carbons (Fsp3) is 0.118. The van der Waals surface area contributed by atoms with E-state index in [0.717, 1.165) is 30.4 Å². The van der Waals surface area contributed by atoms with E-state index in [0.29, 0.717) is 5.02 Å². The molecule has 0 spiro atoms. The normalized spacial score (nSPS) is 13.7. The van der Waals surface area contributed by atoms with Gasteiger partial charge in [0, 0.05) is 19.2 Å². The zero-order valence-corrected chi connectivity index (χ0v) is 12.0. The fourth-order valence-electron chi connectivity index (χ4n) is 2.55. The number of nitrogens with zero attached hydrogens (tertiary/aromatic N) is 1. The van der Waals surface area contributed by atoms with Crippen molar-refractivity contribution >= 4 is 29.3 Å². The van der Waals surface area contributed by atoms with E-state index in [2.05, 4.69) is 17.0 Å². The van der Waals surface area contributed by atoms with Gasteiger partial charge in [-0.25, -0.2) is 4.79 Å². The summed E-state index contributed by atoms with van der Waals surface area (Å²) in [6.07, 6.45) is 2.65. The van der Waals surface area contributed by atoms with Crippen molar-refractivity contribution in [2.45, 2.75) is 13.1 Å². The van der Waals surface area contributed by atoms with Crippen LogP contribution in [0.15, 0.2) is 48.5 Å². The topological polar surface area (TPSA) is 40.5 Å². The van der Waals surface area contributed by atoms with Gasteiger partial charge in [-0.1, -0.05) is 41.9 Å².